The summed E-state index contributed by atoms with van der Waals surface area (Å²) < 4.78 is 5.69. The Labute approximate surface area is 203 Å². The zero-order chi connectivity index (χ0) is 24.2. The summed E-state index contributed by atoms with van der Waals surface area (Å²) in [4.78, 5) is 33.2. The largest absolute Gasteiger partial charge is 0.503 e. The van der Waals surface area contributed by atoms with Crippen LogP contribution in [0.2, 0.25) is 0 Å². The molecule has 1 atom stereocenters. The van der Waals surface area contributed by atoms with Crippen LogP contribution in [-0.2, 0) is 11.2 Å². The highest BCUT2D eigenvalue weighted by molar-refractivity contribution is 7.14. The smallest absolute Gasteiger partial charge is 0.290 e. The molecule has 6 nitrogen and oxygen atoms in total. The second-order valence-electron chi connectivity index (χ2n) is 8.29. The van der Waals surface area contributed by atoms with Gasteiger partial charge in [-0.05, 0) is 49.9 Å². The Morgan fingerprint density at radius 1 is 1.12 bits per heavy atom. The van der Waals surface area contributed by atoms with E-state index >= 15 is 0 Å². The molecule has 1 N–H and O–H groups in total. The molecule has 0 fully saturated rings. The number of thiazole rings is 1. The number of carbonyl (C=O) groups excluding carboxylic acids is 2. The zero-order valence-corrected chi connectivity index (χ0v) is 20.4. The van der Waals surface area contributed by atoms with Crippen molar-refractivity contribution in [1.82, 2.24) is 9.88 Å². The van der Waals surface area contributed by atoms with Gasteiger partial charge in [-0.1, -0.05) is 49.4 Å². The minimum absolute atomic E-state index is 0.104. The molecule has 34 heavy (non-hydrogen) atoms. The van der Waals surface area contributed by atoms with E-state index in [-0.39, 0.29) is 11.4 Å². The molecule has 2 heterocycles. The fourth-order valence-corrected chi connectivity index (χ4v) is 5.06. The Morgan fingerprint density at radius 3 is 2.44 bits per heavy atom. The molecule has 1 amide bonds. The summed E-state index contributed by atoms with van der Waals surface area (Å²) in [7, 11) is 0. The number of hydrogen-bond acceptors (Lipinski definition) is 6. The molecule has 0 spiro atoms. The summed E-state index contributed by atoms with van der Waals surface area (Å²) in [6.45, 7) is 6.62. The fraction of sp³-hybridized carbons (Fsp3) is 0.296. The van der Waals surface area contributed by atoms with Gasteiger partial charge < -0.3 is 14.7 Å². The summed E-state index contributed by atoms with van der Waals surface area (Å²) in [5, 5.41) is 11.6. The van der Waals surface area contributed by atoms with E-state index in [9.17, 15) is 14.7 Å². The van der Waals surface area contributed by atoms with E-state index in [0.29, 0.717) is 30.1 Å². The van der Waals surface area contributed by atoms with Crippen LogP contribution in [0.15, 0.2) is 65.9 Å². The predicted molar refractivity (Wildman–Crippen MR) is 132 cm³/mol. The van der Waals surface area contributed by atoms with E-state index in [4.69, 9.17) is 4.74 Å². The Kier molecular flexibility index (Phi) is 7.12. The van der Waals surface area contributed by atoms with Gasteiger partial charge in [0.05, 0.1) is 33.8 Å². The molecule has 2 aromatic carbocycles. The van der Waals surface area contributed by atoms with Crippen molar-refractivity contribution in [2.75, 3.05) is 13.2 Å². The van der Waals surface area contributed by atoms with Crippen LogP contribution in [0.4, 0.5) is 0 Å². The summed E-state index contributed by atoms with van der Waals surface area (Å²) in [6.07, 6.45) is 1.50. The van der Waals surface area contributed by atoms with E-state index in [1.165, 1.54) is 11.3 Å². The first kappa shape index (κ1) is 23.7. The molecule has 176 valence electrons. The molecule has 0 radical (unpaired) electrons. The highest BCUT2D eigenvalue weighted by Gasteiger charge is 2.44. The SMILES string of the molecule is CCCOc1ccc(C2C(C(=O)c3sc(C)nc3C)=C(O)C(=O)N2CCc2ccccc2)cc1. The number of ether oxygens (including phenoxy) is 1. The number of benzene rings is 2. The lowest BCUT2D eigenvalue weighted by Crippen LogP contribution is -2.33. The molecule has 0 aliphatic carbocycles. The maximum atomic E-state index is 13.6. The Hall–Kier alpha value is -3.45. The van der Waals surface area contributed by atoms with Crippen molar-refractivity contribution in [1.29, 1.82) is 0 Å². The van der Waals surface area contributed by atoms with Crippen molar-refractivity contribution < 1.29 is 19.4 Å². The summed E-state index contributed by atoms with van der Waals surface area (Å²) in [5.74, 6) is -0.650. The third kappa shape index (κ3) is 4.75. The maximum Gasteiger partial charge on any atom is 0.290 e. The molecule has 1 aromatic heterocycles. The van der Waals surface area contributed by atoms with Gasteiger partial charge in [0.2, 0.25) is 5.78 Å². The van der Waals surface area contributed by atoms with Gasteiger partial charge in [-0.3, -0.25) is 9.59 Å². The normalized spacial score (nSPS) is 15.8. The second-order valence-corrected chi connectivity index (χ2v) is 9.50. The number of rotatable bonds is 9. The number of aliphatic hydroxyl groups excluding tert-OH is 1. The van der Waals surface area contributed by atoms with E-state index in [1.807, 2.05) is 68.4 Å². The van der Waals surface area contributed by atoms with Gasteiger partial charge in [-0.15, -0.1) is 11.3 Å². The van der Waals surface area contributed by atoms with Gasteiger partial charge >= 0.3 is 0 Å². The minimum Gasteiger partial charge on any atom is -0.503 e. The topological polar surface area (TPSA) is 79.7 Å². The number of ketones is 1. The fourth-order valence-electron chi connectivity index (χ4n) is 4.19. The van der Waals surface area contributed by atoms with Crippen LogP contribution in [-0.4, -0.2) is 39.8 Å². The molecule has 1 aliphatic heterocycles. The van der Waals surface area contributed by atoms with Crippen molar-refractivity contribution in [3.63, 3.8) is 0 Å². The molecule has 1 aliphatic rings. The highest BCUT2D eigenvalue weighted by Crippen LogP contribution is 2.40. The molecule has 7 heteroatoms. The van der Waals surface area contributed by atoms with Gasteiger partial charge in [0.15, 0.2) is 5.76 Å². The number of aromatic nitrogens is 1. The molecule has 4 rings (SSSR count). The number of carbonyl (C=O) groups is 2. The van der Waals surface area contributed by atoms with E-state index in [1.54, 1.807) is 11.8 Å². The number of Topliss-reactive ketones (excluding diaryl/α,β-unsaturated/α-hetero) is 1. The van der Waals surface area contributed by atoms with Gasteiger partial charge in [-0.2, -0.15) is 0 Å². The number of nitrogens with zero attached hydrogens (tertiary/aromatic N) is 2. The third-order valence-electron chi connectivity index (χ3n) is 5.81. The van der Waals surface area contributed by atoms with Crippen molar-refractivity contribution in [3.8, 4) is 5.75 Å². The summed E-state index contributed by atoms with van der Waals surface area (Å²) in [5.41, 5.74) is 2.53. The minimum atomic E-state index is -0.689. The van der Waals surface area contributed by atoms with Gasteiger partial charge in [0.25, 0.3) is 5.91 Å². The Balaban J connectivity index is 1.71. The van der Waals surface area contributed by atoms with E-state index in [2.05, 4.69) is 4.98 Å². The first-order valence-corrected chi connectivity index (χ1v) is 12.2. The first-order chi connectivity index (χ1) is 16.4. The lowest BCUT2D eigenvalue weighted by atomic mass is 9.94. The van der Waals surface area contributed by atoms with E-state index in [0.717, 1.165) is 28.3 Å². The van der Waals surface area contributed by atoms with Crippen LogP contribution < -0.4 is 4.74 Å². The van der Waals surface area contributed by atoms with Gasteiger partial charge in [0, 0.05) is 6.54 Å². The molecular weight excluding hydrogens is 448 g/mol. The van der Waals surface area contributed by atoms with Crippen molar-refractivity contribution >= 4 is 23.0 Å². The number of amides is 1. The molecule has 0 saturated carbocycles. The standard InChI is InChI=1S/C27H28N2O4S/c1-4-16-33-21-12-10-20(11-13-21)23-22(24(30)26-17(2)28-18(3)34-26)25(31)27(32)29(23)15-14-19-8-6-5-7-9-19/h5-13,23,31H,4,14-16H2,1-3H3. The summed E-state index contributed by atoms with van der Waals surface area (Å²) in [6, 6.07) is 16.5. The van der Waals surface area contributed by atoms with Gasteiger partial charge in [-0.25, -0.2) is 4.98 Å². The highest BCUT2D eigenvalue weighted by atomic mass is 32.1. The van der Waals surface area contributed by atoms with Crippen molar-refractivity contribution in [3.05, 3.63) is 92.6 Å². The number of aryl methyl sites for hydroxylation is 2. The molecular formula is C27H28N2O4S. The number of aliphatic hydroxyl groups is 1. The summed E-state index contributed by atoms with van der Waals surface area (Å²) >= 11 is 1.28. The Morgan fingerprint density at radius 2 is 1.82 bits per heavy atom. The first-order valence-electron chi connectivity index (χ1n) is 11.4. The molecule has 3 aromatic rings. The maximum absolute atomic E-state index is 13.6. The molecule has 1 unspecified atom stereocenters. The monoisotopic (exact) mass is 476 g/mol. The van der Waals surface area contributed by atoms with Crippen molar-refractivity contribution in [2.45, 2.75) is 39.7 Å². The lowest BCUT2D eigenvalue weighted by Gasteiger charge is -2.27. The van der Waals surface area contributed by atoms with Crippen LogP contribution in [0.5, 0.6) is 5.75 Å². The van der Waals surface area contributed by atoms with Crippen LogP contribution in [0, 0.1) is 13.8 Å². The number of hydrogen-bond donors (Lipinski definition) is 1. The van der Waals surface area contributed by atoms with Crippen LogP contribution in [0.25, 0.3) is 0 Å². The molecule has 0 saturated heterocycles. The van der Waals surface area contributed by atoms with Gasteiger partial charge in [0.1, 0.15) is 5.75 Å². The quantitative estimate of drug-likeness (QED) is 0.420. The van der Waals surface area contributed by atoms with Crippen LogP contribution >= 0.6 is 11.3 Å². The third-order valence-corrected chi connectivity index (χ3v) is 6.88. The van der Waals surface area contributed by atoms with Crippen LogP contribution in [0.1, 0.15) is 50.9 Å². The Bertz CT molecular complexity index is 1220. The molecule has 0 bridgehead atoms. The van der Waals surface area contributed by atoms with Crippen LogP contribution in [0.3, 0.4) is 0 Å². The zero-order valence-electron chi connectivity index (χ0n) is 19.6. The van der Waals surface area contributed by atoms with E-state index < -0.39 is 17.7 Å². The second kappa shape index (κ2) is 10.2. The lowest BCUT2D eigenvalue weighted by molar-refractivity contribution is -0.129. The average Bonchev–Trinajstić information content (AvgIpc) is 3.32. The predicted octanol–water partition coefficient (Wildman–Crippen LogP) is 5.37. The van der Waals surface area contributed by atoms with Crippen molar-refractivity contribution in [2.24, 2.45) is 0 Å². The average molecular weight is 477 g/mol.